The van der Waals surface area contributed by atoms with Crippen LogP contribution < -0.4 is 0 Å². The predicted molar refractivity (Wildman–Crippen MR) is 110 cm³/mol. The molecule has 146 valence electrons. The van der Waals surface area contributed by atoms with Gasteiger partial charge < -0.3 is 10.0 Å². The van der Waals surface area contributed by atoms with Crippen LogP contribution in [-0.4, -0.2) is 45.0 Å². The van der Waals surface area contributed by atoms with Crippen molar-refractivity contribution in [2.24, 2.45) is 0 Å². The first kappa shape index (κ1) is 19.2. The minimum absolute atomic E-state index is 0.0396. The third kappa shape index (κ3) is 3.39. The highest BCUT2D eigenvalue weighted by Gasteiger charge is 2.39. The maximum Gasteiger partial charge on any atom is 0.272 e. The van der Waals surface area contributed by atoms with Gasteiger partial charge in [0.15, 0.2) is 0 Å². The molecule has 1 aliphatic rings. The smallest absolute Gasteiger partial charge is 0.272 e. The van der Waals surface area contributed by atoms with E-state index in [0.717, 1.165) is 24.1 Å². The molecule has 7 heteroatoms. The van der Waals surface area contributed by atoms with E-state index in [2.05, 4.69) is 4.98 Å². The number of pyridine rings is 1. The van der Waals surface area contributed by atoms with Crippen LogP contribution in [0.3, 0.4) is 0 Å². The Kier molecular flexibility index (Phi) is 5.32. The molecule has 1 saturated heterocycles. The van der Waals surface area contributed by atoms with Crippen molar-refractivity contribution in [1.29, 1.82) is 0 Å². The van der Waals surface area contributed by atoms with Crippen molar-refractivity contribution in [1.82, 2.24) is 14.3 Å². The van der Waals surface area contributed by atoms with Gasteiger partial charge in [0, 0.05) is 31.3 Å². The minimum atomic E-state index is -0.350. The summed E-state index contributed by atoms with van der Waals surface area (Å²) in [4.78, 5) is 19.5. The summed E-state index contributed by atoms with van der Waals surface area (Å²) in [5.74, 6) is -0.0548. The highest BCUT2D eigenvalue weighted by Crippen LogP contribution is 2.39. The lowest BCUT2D eigenvalue weighted by molar-refractivity contribution is 0.0596. The van der Waals surface area contributed by atoms with Crippen LogP contribution in [0.15, 0.2) is 48.8 Å². The molecule has 1 atom stereocenters. The maximum atomic E-state index is 13.3. The van der Waals surface area contributed by atoms with Gasteiger partial charge in [-0.15, -0.1) is 0 Å². The molecular formula is C21H21Cl2N3O2. The zero-order chi connectivity index (χ0) is 19.7. The SMILES string of the molecule is O=C(c1cnc2ccccn12)N1CCCC(CCO)(c2ccc(Cl)c(Cl)c2)C1. The van der Waals surface area contributed by atoms with Gasteiger partial charge in [-0.1, -0.05) is 35.3 Å². The van der Waals surface area contributed by atoms with E-state index in [1.165, 1.54) is 0 Å². The average molecular weight is 418 g/mol. The molecule has 1 aromatic carbocycles. The number of aliphatic hydroxyl groups excluding tert-OH is 1. The number of likely N-dealkylation sites (tertiary alicyclic amines) is 1. The summed E-state index contributed by atoms with van der Waals surface area (Å²) in [5.41, 5.74) is 1.95. The molecule has 1 unspecified atom stereocenters. The molecule has 28 heavy (non-hydrogen) atoms. The monoisotopic (exact) mass is 417 g/mol. The van der Waals surface area contributed by atoms with E-state index in [9.17, 15) is 9.90 Å². The molecule has 4 rings (SSSR count). The fourth-order valence-corrected chi connectivity index (χ4v) is 4.48. The first-order valence-electron chi connectivity index (χ1n) is 9.32. The number of halogens is 2. The highest BCUT2D eigenvalue weighted by atomic mass is 35.5. The van der Waals surface area contributed by atoms with E-state index >= 15 is 0 Å². The van der Waals surface area contributed by atoms with Crippen LogP contribution in [0.2, 0.25) is 10.0 Å². The van der Waals surface area contributed by atoms with Crippen LogP contribution in [0.4, 0.5) is 0 Å². The number of fused-ring (bicyclic) bond motifs is 1. The molecule has 1 N–H and O–H groups in total. The van der Waals surface area contributed by atoms with Crippen molar-refractivity contribution in [2.75, 3.05) is 19.7 Å². The molecule has 5 nitrogen and oxygen atoms in total. The third-order valence-electron chi connectivity index (χ3n) is 5.62. The van der Waals surface area contributed by atoms with Crippen molar-refractivity contribution < 1.29 is 9.90 Å². The lowest BCUT2D eigenvalue weighted by Gasteiger charge is -2.43. The first-order chi connectivity index (χ1) is 13.5. The van der Waals surface area contributed by atoms with Gasteiger partial charge in [0.1, 0.15) is 11.3 Å². The largest absolute Gasteiger partial charge is 0.396 e. The predicted octanol–water partition coefficient (Wildman–Crippen LogP) is 4.20. The number of nitrogens with zero attached hydrogens (tertiary/aromatic N) is 3. The number of benzene rings is 1. The average Bonchev–Trinajstić information content (AvgIpc) is 3.14. The number of carbonyl (C=O) groups is 1. The molecule has 3 heterocycles. The van der Waals surface area contributed by atoms with Gasteiger partial charge in [-0.2, -0.15) is 0 Å². The van der Waals surface area contributed by atoms with E-state index < -0.39 is 0 Å². The van der Waals surface area contributed by atoms with E-state index in [-0.39, 0.29) is 17.9 Å². The molecular weight excluding hydrogens is 397 g/mol. The maximum absolute atomic E-state index is 13.3. The van der Waals surface area contributed by atoms with Gasteiger partial charge in [-0.25, -0.2) is 4.98 Å². The number of amides is 1. The minimum Gasteiger partial charge on any atom is -0.396 e. The molecule has 2 aromatic heterocycles. The molecule has 0 radical (unpaired) electrons. The van der Waals surface area contributed by atoms with Crippen molar-refractivity contribution in [3.63, 3.8) is 0 Å². The Morgan fingerprint density at radius 2 is 2.07 bits per heavy atom. The fourth-order valence-electron chi connectivity index (χ4n) is 4.18. The van der Waals surface area contributed by atoms with Gasteiger partial charge in [0.05, 0.1) is 16.2 Å². The zero-order valence-electron chi connectivity index (χ0n) is 15.3. The summed E-state index contributed by atoms with van der Waals surface area (Å²) in [7, 11) is 0. The Labute approximate surface area is 173 Å². The summed E-state index contributed by atoms with van der Waals surface area (Å²) >= 11 is 12.3. The first-order valence-corrected chi connectivity index (χ1v) is 10.1. The molecule has 0 saturated carbocycles. The lowest BCUT2D eigenvalue weighted by Crippen LogP contribution is -2.49. The Morgan fingerprint density at radius 1 is 1.21 bits per heavy atom. The van der Waals surface area contributed by atoms with Crippen molar-refractivity contribution in [2.45, 2.75) is 24.7 Å². The number of hydrogen-bond donors (Lipinski definition) is 1. The Morgan fingerprint density at radius 3 is 2.86 bits per heavy atom. The van der Waals surface area contributed by atoms with E-state index in [4.69, 9.17) is 23.2 Å². The topological polar surface area (TPSA) is 57.8 Å². The fraction of sp³-hybridized carbons (Fsp3) is 0.333. The highest BCUT2D eigenvalue weighted by molar-refractivity contribution is 6.42. The number of aromatic nitrogens is 2. The number of rotatable bonds is 4. The normalized spacial score (nSPS) is 19.9. The number of imidazole rings is 1. The van der Waals surface area contributed by atoms with Crippen molar-refractivity contribution >= 4 is 34.8 Å². The van der Waals surface area contributed by atoms with E-state index in [1.54, 1.807) is 12.3 Å². The van der Waals surface area contributed by atoms with Gasteiger partial charge in [-0.3, -0.25) is 9.20 Å². The summed E-state index contributed by atoms with van der Waals surface area (Å²) < 4.78 is 1.81. The lowest BCUT2D eigenvalue weighted by atomic mass is 9.72. The van der Waals surface area contributed by atoms with Gasteiger partial charge >= 0.3 is 0 Å². The van der Waals surface area contributed by atoms with Crippen LogP contribution in [0.1, 0.15) is 35.3 Å². The standard InChI is InChI=1S/C21H21Cl2N3O2/c22-16-6-5-15(12-17(16)23)21(8-11-27)7-3-9-25(14-21)20(28)18-13-24-19-4-1-2-10-26(18)19/h1-2,4-6,10,12-13,27H,3,7-9,11,14H2. The van der Waals surface area contributed by atoms with Crippen LogP contribution in [0.25, 0.3) is 5.65 Å². The molecule has 0 bridgehead atoms. The van der Waals surface area contributed by atoms with E-state index in [1.807, 2.05) is 45.8 Å². The molecule has 1 aliphatic heterocycles. The molecule has 3 aromatic rings. The summed E-state index contributed by atoms with van der Waals surface area (Å²) in [5, 5.41) is 10.7. The number of hydrogen-bond acceptors (Lipinski definition) is 3. The van der Waals surface area contributed by atoms with Crippen molar-refractivity contribution in [3.8, 4) is 0 Å². The van der Waals surface area contributed by atoms with Crippen molar-refractivity contribution in [3.05, 3.63) is 70.1 Å². The molecule has 0 aliphatic carbocycles. The Hall–Kier alpha value is -2.08. The summed E-state index contributed by atoms with van der Waals surface area (Å²) in [6, 6.07) is 11.2. The number of piperidine rings is 1. The van der Waals surface area contributed by atoms with Gasteiger partial charge in [0.2, 0.25) is 0 Å². The molecule has 1 fully saturated rings. The summed E-state index contributed by atoms with van der Waals surface area (Å²) in [6.07, 6.45) is 5.76. The molecule has 1 amide bonds. The number of carbonyl (C=O) groups excluding carboxylic acids is 1. The second-order valence-electron chi connectivity index (χ2n) is 7.29. The van der Waals surface area contributed by atoms with Crippen LogP contribution in [0, 0.1) is 0 Å². The number of aliphatic hydroxyl groups is 1. The third-order valence-corrected chi connectivity index (χ3v) is 6.36. The van der Waals surface area contributed by atoms with Crippen LogP contribution >= 0.6 is 23.2 Å². The van der Waals surface area contributed by atoms with Gasteiger partial charge in [0.25, 0.3) is 5.91 Å². The molecule has 0 spiro atoms. The Balaban J connectivity index is 1.67. The van der Waals surface area contributed by atoms with Crippen LogP contribution in [0.5, 0.6) is 0 Å². The Bertz CT molecular complexity index is 1020. The van der Waals surface area contributed by atoms with E-state index in [0.29, 0.717) is 35.2 Å². The quantitative estimate of drug-likeness (QED) is 0.691. The second-order valence-corrected chi connectivity index (χ2v) is 8.10. The van der Waals surface area contributed by atoms with Gasteiger partial charge in [-0.05, 0) is 49.1 Å². The zero-order valence-corrected chi connectivity index (χ0v) is 16.8. The summed E-state index contributed by atoms with van der Waals surface area (Å²) in [6.45, 7) is 1.23. The van der Waals surface area contributed by atoms with Crippen LogP contribution in [-0.2, 0) is 5.41 Å². The second kappa shape index (κ2) is 7.74.